The third kappa shape index (κ3) is 6.97. The number of piperazine rings is 1. The smallest absolute Gasteiger partial charge is 0.410 e. The van der Waals surface area contributed by atoms with Crippen LogP contribution in [0, 0.1) is 5.82 Å². The minimum atomic E-state index is -0.571. The number of nitrogens with zero attached hydrogens (tertiary/aromatic N) is 5. The Labute approximate surface area is 276 Å². The molecule has 231 valence electrons. The van der Waals surface area contributed by atoms with Gasteiger partial charge in [0.15, 0.2) is 5.82 Å². The van der Waals surface area contributed by atoms with Crippen molar-refractivity contribution in [3.8, 4) is 17.0 Å². The predicted molar refractivity (Wildman–Crippen MR) is 173 cm³/mol. The van der Waals surface area contributed by atoms with Crippen LogP contribution in [0.4, 0.5) is 15.0 Å². The molecule has 2 aliphatic heterocycles. The molecule has 8 nitrogen and oxygen atoms in total. The molecule has 4 heterocycles. The average molecular weight is 675 g/mol. The van der Waals surface area contributed by atoms with Crippen LogP contribution < -0.4 is 9.42 Å². The van der Waals surface area contributed by atoms with Gasteiger partial charge in [-0.25, -0.2) is 14.2 Å². The molecule has 1 radical (unpaired) electrons. The van der Waals surface area contributed by atoms with E-state index in [0.29, 0.717) is 35.6 Å². The summed E-state index contributed by atoms with van der Waals surface area (Å²) >= 11 is 6.38. The van der Waals surface area contributed by atoms with Gasteiger partial charge in [-0.05, 0) is 81.7 Å². The summed E-state index contributed by atoms with van der Waals surface area (Å²) in [4.78, 5) is 30.2. The summed E-state index contributed by atoms with van der Waals surface area (Å²) in [7, 11) is 0.245. The van der Waals surface area contributed by atoms with E-state index in [2.05, 4.69) is 26.4 Å². The second-order valence-electron chi connectivity index (χ2n) is 11.6. The number of carbonyl (C=O) groups is 1. The van der Waals surface area contributed by atoms with Crippen molar-refractivity contribution in [2.45, 2.75) is 58.2 Å². The summed E-state index contributed by atoms with van der Waals surface area (Å²) in [6.07, 6.45) is 4.78. The van der Waals surface area contributed by atoms with Crippen LogP contribution in [0.1, 0.15) is 40.5 Å². The molecule has 2 aliphatic rings. The Morgan fingerprint density at radius 1 is 1.14 bits per heavy atom. The van der Waals surface area contributed by atoms with Gasteiger partial charge in [-0.3, -0.25) is 9.88 Å². The third-order valence-electron chi connectivity index (χ3n) is 7.33. The number of fused-ring (bicyclic) bond motifs is 4. The number of halogens is 2. The van der Waals surface area contributed by atoms with Crippen molar-refractivity contribution in [3.63, 3.8) is 0 Å². The summed E-state index contributed by atoms with van der Waals surface area (Å²) in [5.74, 6) is 0.595. The van der Waals surface area contributed by atoms with E-state index in [9.17, 15) is 4.79 Å². The molecule has 1 amide bonds. The number of hydrogen-bond acceptors (Lipinski definition) is 7. The van der Waals surface area contributed by atoms with Gasteiger partial charge in [-0.15, -0.1) is 6.58 Å². The quantitative estimate of drug-likeness (QED) is 0.123. The molecule has 0 saturated carbocycles. The Balaban J connectivity index is 0.00000106. The third-order valence-corrected chi connectivity index (χ3v) is 7.94. The Morgan fingerprint density at radius 3 is 2.43 bits per heavy atom. The maximum Gasteiger partial charge on any atom is 0.410 e. The van der Waals surface area contributed by atoms with Gasteiger partial charge in [0.2, 0.25) is 5.28 Å². The fraction of sp³-hybridized carbons (Fsp3) is 0.375. The fourth-order valence-corrected chi connectivity index (χ4v) is 6.31. The van der Waals surface area contributed by atoms with Crippen LogP contribution >= 0.6 is 20.4 Å². The van der Waals surface area contributed by atoms with Crippen LogP contribution in [-0.4, -0.2) is 63.4 Å². The van der Waals surface area contributed by atoms with Gasteiger partial charge < -0.3 is 14.2 Å². The number of aromatic nitrogens is 3. The first-order valence-electron chi connectivity index (χ1n) is 14.3. The van der Waals surface area contributed by atoms with Crippen LogP contribution in [0.25, 0.3) is 32.9 Å². The summed E-state index contributed by atoms with van der Waals surface area (Å²) in [5, 5.41) is 2.21. The first-order valence-corrected chi connectivity index (χ1v) is 16.0. The topological polar surface area (TPSA) is 80.7 Å². The van der Waals surface area contributed by atoms with E-state index in [0.717, 1.165) is 23.6 Å². The van der Waals surface area contributed by atoms with Crippen LogP contribution in [0.2, 0.25) is 5.28 Å². The Hall–Kier alpha value is -2.97. The van der Waals surface area contributed by atoms with Crippen LogP contribution in [0.5, 0.6) is 5.75 Å². The van der Waals surface area contributed by atoms with E-state index in [4.69, 9.17) is 20.9 Å². The van der Waals surface area contributed by atoms with Crippen LogP contribution in [0.15, 0.2) is 55.3 Å². The molecular formula is C32H36ClFN5O3PV. The number of ether oxygens (including phenoxy) is 1. The first-order chi connectivity index (χ1) is 20.5. The molecule has 2 aromatic heterocycles. The van der Waals surface area contributed by atoms with Crippen molar-refractivity contribution in [2.24, 2.45) is 0 Å². The number of rotatable bonds is 4. The zero-order valence-electron chi connectivity index (χ0n) is 25.5. The van der Waals surface area contributed by atoms with E-state index in [1.807, 2.05) is 75.7 Å². The standard InChI is InChI=1S/C29H30ClFN5O3P.C3H6.V/c1-29(2,3)38-28(37)36-17-9-10-18(36)15-35(14-17)26-22-13-32-24(23(31)25(22)33-27(30)34-26)21-12-19(39-40-4)11-16-7-5-6-8-20(16)21;1-3-2;/h5-8,11-13,17-18,40H,9-10,14-15H2,1-4H3;3H,1H2,2H3;. The maximum absolute atomic E-state index is 16.3. The van der Waals surface area contributed by atoms with Crippen molar-refractivity contribution in [3.05, 3.63) is 66.4 Å². The molecule has 0 spiro atoms. The van der Waals surface area contributed by atoms with Gasteiger partial charge in [0, 0.05) is 43.4 Å². The molecular weight excluding hydrogens is 639 g/mol. The van der Waals surface area contributed by atoms with Crippen molar-refractivity contribution >= 4 is 54.0 Å². The van der Waals surface area contributed by atoms with Gasteiger partial charge in [0.25, 0.3) is 0 Å². The number of anilines is 1. The number of benzene rings is 2. The van der Waals surface area contributed by atoms with Gasteiger partial charge in [0.05, 0.1) is 26.3 Å². The summed E-state index contributed by atoms with van der Waals surface area (Å²) in [6.45, 7) is 13.8. The Bertz CT molecular complexity index is 1670. The monoisotopic (exact) mass is 674 g/mol. The zero-order valence-corrected chi connectivity index (χ0v) is 28.6. The summed E-state index contributed by atoms with van der Waals surface area (Å²) in [6, 6.07) is 11.4. The Kier molecular flexibility index (Phi) is 10.8. The molecule has 3 atom stereocenters. The molecule has 12 heteroatoms. The minimum absolute atomic E-state index is 0. The predicted octanol–water partition coefficient (Wildman–Crippen LogP) is 8.02. The maximum atomic E-state index is 16.3. The number of carbonyl (C=O) groups excluding carboxylic acids is 1. The van der Waals surface area contributed by atoms with E-state index < -0.39 is 11.4 Å². The van der Waals surface area contributed by atoms with Gasteiger partial charge in [-0.1, -0.05) is 30.3 Å². The summed E-state index contributed by atoms with van der Waals surface area (Å²) in [5.41, 5.74) is 0.323. The van der Waals surface area contributed by atoms with Gasteiger partial charge >= 0.3 is 6.09 Å². The molecule has 6 rings (SSSR count). The second kappa shape index (κ2) is 14.0. The van der Waals surface area contributed by atoms with Crippen molar-refractivity contribution < 1.29 is 37.0 Å². The minimum Gasteiger partial charge on any atom is -0.477 e. The zero-order chi connectivity index (χ0) is 30.9. The second-order valence-corrected chi connectivity index (χ2v) is 12.5. The number of allylic oxidation sites excluding steroid dienone is 1. The summed E-state index contributed by atoms with van der Waals surface area (Å²) < 4.78 is 27.7. The van der Waals surface area contributed by atoms with E-state index in [-0.39, 0.29) is 62.0 Å². The van der Waals surface area contributed by atoms with E-state index in [1.54, 1.807) is 12.3 Å². The van der Waals surface area contributed by atoms with E-state index >= 15 is 4.39 Å². The number of hydrogen-bond donors (Lipinski definition) is 0. The van der Waals surface area contributed by atoms with Crippen molar-refractivity contribution in [1.82, 2.24) is 19.9 Å². The van der Waals surface area contributed by atoms with Gasteiger partial charge in [0.1, 0.15) is 28.4 Å². The van der Waals surface area contributed by atoms with E-state index in [1.165, 1.54) is 0 Å². The molecule has 2 saturated heterocycles. The molecule has 44 heavy (non-hydrogen) atoms. The fourth-order valence-electron chi connectivity index (χ4n) is 5.79. The molecule has 2 fully saturated rings. The van der Waals surface area contributed by atoms with Crippen LogP contribution in [-0.2, 0) is 23.3 Å². The van der Waals surface area contributed by atoms with Gasteiger partial charge in [-0.2, -0.15) is 4.98 Å². The molecule has 2 bridgehead atoms. The molecule has 3 unspecified atom stereocenters. The number of pyridine rings is 1. The Morgan fingerprint density at radius 2 is 1.80 bits per heavy atom. The van der Waals surface area contributed by atoms with Crippen molar-refractivity contribution in [1.29, 1.82) is 0 Å². The average Bonchev–Trinajstić information content (AvgIpc) is 3.22. The molecule has 0 N–H and O–H groups in total. The van der Waals surface area contributed by atoms with Crippen molar-refractivity contribution in [2.75, 3.05) is 24.7 Å². The number of amides is 1. The normalized spacial score (nSPS) is 17.8. The first kappa shape index (κ1) is 33.9. The molecule has 0 aliphatic carbocycles. The van der Waals surface area contributed by atoms with Crippen LogP contribution in [0.3, 0.4) is 0 Å². The molecule has 2 aromatic carbocycles. The molecule has 4 aromatic rings. The largest absolute Gasteiger partial charge is 0.477 e. The SMILES string of the molecule is C=CC.CPOc1cc(-c2ncc3c(N4CC5CCC(C4)N5C(=O)OC(C)(C)C)nc(Cl)nc3c2F)c2ccccc2c1.[V].